The summed E-state index contributed by atoms with van der Waals surface area (Å²) in [5, 5.41) is 18.5. The number of ether oxygens (including phenoxy) is 1. The first-order chi connectivity index (χ1) is 8.91. The third-order valence-electron chi connectivity index (χ3n) is 2.23. The van der Waals surface area contributed by atoms with E-state index >= 15 is 0 Å². The van der Waals surface area contributed by atoms with Crippen LogP contribution in [0.2, 0.25) is 0 Å². The Morgan fingerprint density at radius 3 is 2.47 bits per heavy atom. The molecule has 1 aromatic rings. The number of carboxylic acid groups (broad SMARTS) is 1. The van der Waals surface area contributed by atoms with Gasteiger partial charge in [0.05, 0.1) is 12.2 Å². The van der Waals surface area contributed by atoms with Gasteiger partial charge in [-0.05, 0) is 12.0 Å². The van der Waals surface area contributed by atoms with Gasteiger partial charge in [0.15, 0.2) is 0 Å². The Morgan fingerprint density at radius 2 is 1.95 bits per heavy atom. The largest absolute Gasteiger partial charge is 0.507 e. The van der Waals surface area contributed by atoms with Gasteiger partial charge >= 0.3 is 11.9 Å². The fourth-order valence-corrected chi connectivity index (χ4v) is 1.39. The van der Waals surface area contributed by atoms with Crippen LogP contribution in [0.4, 0.5) is 0 Å². The van der Waals surface area contributed by atoms with Crippen LogP contribution >= 0.6 is 0 Å². The molecule has 0 radical (unpaired) electrons. The van der Waals surface area contributed by atoms with Gasteiger partial charge < -0.3 is 14.9 Å². The number of carbonyl (C=O) groups is 2. The first kappa shape index (κ1) is 14.8. The van der Waals surface area contributed by atoms with Crippen molar-refractivity contribution in [3.63, 3.8) is 0 Å². The summed E-state index contributed by atoms with van der Waals surface area (Å²) in [4.78, 5) is 22.6. The number of carboxylic acids is 1. The molecule has 1 aromatic carbocycles. The number of hydrogen-bond acceptors (Lipinski definition) is 4. The highest BCUT2D eigenvalue weighted by Gasteiger charge is 2.18. The Kier molecular flexibility index (Phi) is 5.11. The van der Waals surface area contributed by atoms with Crippen LogP contribution in [0.25, 0.3) is 5.57 Å². The SMILES string of the molecule is CC(C)COC(=O)C(=CC(=O)O)c1ccccc1O. The van der Waals surface area contributed by atoms with Crippen molar-refractivity contribution in [3.8, 4) is 5.75 Å². The molecule has 0 heterocycles. The third-order valence-corrected chi connectivity index (χ3v) is 2.23. The summed E-state index contributed by atoms with van der Waals surface area (Å²) in [5.41, 5.74) is -0.0371. The highest BCUT2D eigenvalue weighted by Crippen LogP contribution is 2.25. The summed E-state index contributed by atoms with van der Waals surface area (Å²) in [6, 6.07) is 6.01. The minimum atomic E-state index is -1.28. The zero-order valence-electron chi connectivity index (χ0n) is 10.8. The summed E-state index contributed by atoms with van der Waals surface area (Å²) in [6.45, 7) is 3.92. The van der Waals surface area contributed by atoms with Gasteiger partial charge in [-0.2, -0.15) is 0 Å². The van der Waals surface area contributed by atoms with Crippen molar-refractivity contribution in [1.82, 2.24) is 0 Å². The van der Waals surface area contributed by atoms with Gasteiger partial charge in [0.25, 0.3) is 0 Å². The lowest BCUT2D eigenvalue weighted by atomic mass is 10.0. The summed E-state index contributed by atoms with van der Waals surface area (Å²) in [5.74, 6) is -2.08. The first-order valence-electron chi connectivity index (χ1n) is 5.82. The molecular formula is C14H16O5. The first-order valence-corrected chi connectivity index (χ1v) is 5.82. The topological polar surface area (TPSA) is 83.8 Å². The molecule has 5 nitrogen and oxygen atoms in total. The molecule has 2 N–H and O–H groups in total. The van der Waals surface area contributed by atoms with Crippen molar-refractivity contribution in [3.05, 3.63) is 35.9 Å². The third kappa shape index (κ3) is 4.46. The Labute approximate surface area is 111 Å². The monoisotopic (exact) mass is 264 g/mol. The number of benzene rings is 1. The van der Waals surface area contributed by atoms with Gasteiger partial charge in [0.2, 0.25) is 0 Å². The van der Waals surface area contributed by atoms with E-state index in [4.69, 9.17) is 9.84 Å². The van der Waals surface area contributed by atoms with E-state index in [1.165, 1.54) is 12.1 Å². The van der Waals surface area contributed by atoms with Gasteiger partial charge in [-0.1, -0.05) is 32.0 Å². The standard InChI is InChI=1S/C14H16O5/c1-9(2)8-19-14(18)11(7-13(16)17)10-5-3-4-6-12(10)15/h3-7,9,15H,8H2,1-2H3,(H,16,17). The van der Waals surface area contributed by atoms with Crippen LogP contribution in [-0.4, -0.2) is 28.8 Å². The average Bonchev–Trinajstić information content (AvgIpc) is 2.33. The van der Waals surface area contributed by atoms with Crippen molar-refractivity contribution in [1.29, 1.82) is 0 Å². The van der Waals surface area contributed by atoms with Crippen molar-refractivity contribution in [2.45, 2.75) is 13.8 Å². The minimum Gasteiger partial charge on any atom is -0.507 e. The Balaban J connectivity index is 3.07. The normalized spacial score (nSPS) is 11.4. The summed E-state index contributed by atoms with van der Waals surface area (Å²) < 4.78 is 4.99. The van der Waals surface area contributed by atoms with E-state index in [1.54, 1.807) is 12.1 Å². The van der Waals surface area contributed by atoms with Crippen molar-refractivity contribution < 1.29 is 24.5 Å². The van der Waals surface area contributed by atoms with Gasteiger partial charge in [0.1, 0.15) is 5.75 Å². The number of rotatable bonds is 5. The highest BCUT2D eigenvalue weighted by molar-refractivity contribution is 6.21. The molecule has 0 bridgehead atoms. The van der Waals surface area contributed by atoms with E-state index in [1.807, 2.05) is 13.8 Å². The maximum Gasteiger partial charge on any atom is 0.339 e. The summed E-state index contributed by atoms with van der Waals surface area (Å²) in [6.07, 6.45) is 0.734. The molecule has 0 unspecified atom stereocenters. The van der Waals surface area contributed by atoms with Gasteiger partial charge in [0, 0.05) is 11.6 Å². The predicted octanol–water partition coefficient (Wildman–Crippen LogP) is 2.06. The van der Waals surface area contributed by atoms with Crippen LogP contribution < -0.4 is 0 Å². The molecule has 0 fully saturated rings. The molecule has 0 atom stereocenters. The summed E-state index contributed by atoms with van der Waals surface area (Å²) >= 11 is 0. The van der Waals surface area contributed by atoms with Crippen LogP contribution in [0.3, 0.4) is 0 Å². The minimum absolute atomic E-state index is 0.138. The second-order valence-electron chi connectivity index (χ2n) is 4.41. The smallest absolute Gasteiger partial charge is 0.339 e. The molecule has 0 saturated carbocycles. The number of hydrogen-bond donors (Lipinski definition) is 2. The number of carbonyl (C=O) groups excluding carboxylic acids is 1. The number of phenols is 1. The molecule has 0 aliphatic heterocycles. The molecule has 102 valence electrons. The molecule has 0 saturated heterocycles. The van der Waals surface area contributed by atoms with Crippen LogP contribution in [0.15, 0.2) is 30.3 Å². The van der Waals surface area contributed by atoms with Gasteiger partial charge in [-0.25, -0.2) is 9.59 Å². The molecule has 0 amide bonds. The lowest BCUT2D eigenvalue weighted by Gasteiger charge is -2.10. The second kappa shape index (κ2) is 6.58. The highest BCUT2D eigenvalue weighted by atomic mass is 16.5. The van der Waals surface area contributed by atoms with Crippen LogP contribution in [0.1, 0.15) is 19.4 Å². The van der Waals surface area contributed by atoms with E-state index in [0.29, 0.717) is 0 Å². The molecule has 0 aliphatic rings. The number of aromatic hydroxyl groups is 1. The van der Waals surface area contributed by atoms with E-state index < -0.39 is 11.9 Å². The molecule has 19 heavy (non-hydrogen) atoms. The zero-order valence-corrected chi connectivity index (χ0v) is 10.8. The Morgan fingerprint density at radius 1 is 1.32 bits per heavy atom. The van der Waals surface area contributed by atoms with Gasteiger partial charge in [-0.3, -0.25) is 0 Å². The molecule has 1 rings (SSSR count). The van der Waals surface area contributed by atoms with Gasteiger partial charge in [-0.15, -0.1) is 0 Å². The molecule has 5 heteroatoms. The number of esters is 1. The second-order valence-corrected chi connectivity index (χ2v) is 4.41. The average molecular weight is 264 g/mol. The van der Waals surface area contributed by atoms with Crippen LogP contribution in [0, 0.1) is 5.92 Å². The van der Waals surface area contributed by atoms with Crippen molar-refractivity contribution in [2.75, 3.05) is 6.61 Å². The maximum absolute atomic E-state index is 11.9. The quantitative estimate of drug-likeness (QED) is 0.628. The Bertz CT molecular complexity index is 502. The molecular weight excluding hydrogens is 248 g/mol. The maximum atomic E-state index is 11.9. The van der Waals surface area contributed by atoms with Crippen molar-refractivity contribution >= 4 is 17.5 Å². The Hall–Kier alpha value is -2.30. The molecule has 0 aliphatic carbocycles. The predicted molar refractivity (Wildman–Crippen MR) is 69.5 cm³/mol. The molecule has 0 aromatic heterocycles. The number of aliphatic carboxylic acids is 1. The van der Waals surface area contributed by atoms with E-state index in [0.717, 1.165) is 6.08 Å². The van der Waals surface area contributed by atoms with Crippen molar-refractivity contribution in [2.24, 2.45) is 5.92 Å². The van der Waals surface area contributed by atoms with Crippen LogP contribution in [-0.2, 0) is 14.3 Å². The molecule has 0 spiro atoms. The van der Waals surface area contributed by atoms with Crippen LogP contribution in [0.5, 0.6) is 5.75 Å². The number of para-hydroxylation sites is 1. The lowest BCUT2D eigenvalue weighted by molar-refractivity contribution is -0.138. The van der Waals surface area contributed by atoms with E-state index in [2.05, 4.69) is 0 Å². The fourth-order valence-electron chi connectivity index (χ4n) is 1.39. The van der Waals surface area contributed by atoms with E-state index in [-0.39, 0.29) is 29.4 Å². The summed E-state index contributed by atoms with van der Waals surface area (Å²) in [7, 11) is 0. The zero-order chi connectivity index (χ0) is 14.4. The number of phenolic OH excluding ortho intramolecular Hbond substituents is 1. The fraction of sp³-hybridized carbons (Fsp3) is 0.286. The lowest BCUT2D eigenvalue weighted by Crippen LogP contribution is -2.13. The van der Waals surface area contributed by atoms with E-state index in [9.17, 15) is 14.7 Å².